The number of hydrogen-bond acceptors (Lipinski definition) is 6. The molecular weight excluding hydrogens is 374 g/mol. The Hall–Kier alpha value is -3.24. The Morgan fingerprint density at radius 1 is 1.21 bits per heavy atom. The highest BCUT2D eigenvalue weighted by atomic mass is 32.2. The standard InChI is InChI=1S/C21H17N3O3S/c1-13-2-4-15-8-16(9-22)21(24-17(15)6-13)28-11-20(25)23-10-14-3-5-18-19(7-14)27-12-26-18/h2-8H,10-12H2,1H3,(H,23,25). The summed E-state index contributed by atoms with van der Waals surface area (Å²) in [5.74, 6) is 1.46. The first-order valence-electron chi connectivity index (χ1n) is 8.72. The third-order valence-electron chi connectivity index (χ3n) is 4.33. The van der Waals surface area contributed by atoms with E-state index >= 15 is 0 Å². The first kappa shape index (κ1) is 18.1. The van der Waals surface area contributed by atoms with E-state index in [0.29, 0.717) is 28.6 Å². The molecular formula is C21H17N3O3S. The zero-order chi connectivity index (χ0) is 19.5. The molecule has 0 saturated heterocycles. The van der Waals surface area contributed by atoms with Crippen LogP contribution in [0.25, 0.3) is 10.9 Å². The van der Waals surface area contributed by atoms with Gasteiger partial charge in [-0.15, -0.1) is 0 Å². The van der Waals surface area contributed by atoms with E-state index in [2.05, 4.69) is 16.4 Å². The van der Waals surface area contributed by atoms with E-state index in [1.165, 1.54) is 11.8 Å². The predicted octanol–water partition coefficient (Wildman–Crippen LogP) is 3.55. The van der Waals surface area contributed by atoms with Crippen LogP contribution in [0, 0.1) is 18.3 Å². The first-order valence-corrected chi connectivity index (χ1v) is 9.70. The topological polar surface area (TPSA) is 84.2 Å². The number of carbonyl (C=O) groups is 1. The van der Waals surface area contributed by atoms with E-state index < -0.39 is 0 Å². The Morgan fingerprint density at radius 2 is 2.07 bits per heavy atom. The second-order valence-electron chi connectivity index (χ2n) is 6.40. The van der Waals surface area contributed by atoms with Crippen LogP contribution < -0.4 is 14.8 Å². The van der Waals surface area contributed by atoms with E-state index in [9.17, 15) is 10.1 Å². The van der Waals surface area contributed by atoms with Crippen molar-refractivity contribution >= 4 is 28.6 Å². The quantitative estimate of drug-likeness (QED) is 0.670. The Kier molecular flexibility index (Phi) is 5.04. The maximum Gasteiger partial charge on any atom is 0.231 e. The lowest BCUT2D eigenvalue weighted by atomic mass is 10.1. The van der Waals surface area contributed by atoms with E-state index in [-0.39, 0.29) is 18.5 Å². The van der Waals surface area contributed by atoms with Gasteiger partial charge in [-0.25, -0.2) is 4.98 Å². The Bertz CT molecular complexity index is 1110. The number of aromatic nitrogens is 1. The summed E-state index contributed by atoms with van der Waals surface area (Å²) in [7, 11) is 0. The van der Waals surface area contributed by atoms with Crippen LogP contribution in [0.3, 0.4) is 0 Å². The third kappa shape index (κ3) is 3.87. The SMILES string of the molecule is Cc1ccc2cc(C#N)c(SCC(=O)NCc3ccc4c(c3)OCO4)nc2c1. The normalized spacial score (nSPS) is 12.0. The zero-order valence-corrected chi connectivity index (χ0v) is 16.0. The molecule has 0 spiro atoms. The second-order valence-corrected chi connectivity index (χ2v) is 7.37. The first-order chi connectivity index (χ1) is 13.6. The Morgan fingerprint density at radius 3 is 2.93 bits per heavy atom. The van der Waals surface area contributed by atoms with Crippen LogP contribution in [-0.2, 0) is 11.3 Å². The van der Waals surface area contributed by atoms with Gasteiger partial charge in [0.15, 0.2) is 11.5 Å². The Balaban J connectivity index is 1.39. The summed E-state index contributed by atoms with van der Waals surface area (Å²) in [6, 6.07) is 15.5. The average Bonchev–Trinajstić information content (AvgIpc) is 3.17. The molecule has 4 rings (SSSR count). The highest BCUT2D eigenvalue weighted by Crippen LogP contribution is 2.32. The van der Waals surface area contributed by atoms with Gasteiger partial charge in [0.2, 0.25) is 12.7 Å². The molecule has 2 aromatic carbocycles. The molecule has 0 bridgehead atoms. The molecule has 1 aromatic heterocycles. The summed E-state index contributed by atoms with van der Waals surface area (Å²) >= 11 is 1.27. The fraction of sp³-hybridized carbons (Fsp3) is 0.190. The lowest BCUT2D eigenvalue weighted by Crippen LogP contribution is -2.24. The number of benzene rings is 2. The van der Waals surface area contributed by atoms with Crippen LogP contribution >= 0.6 is 11.8 Å². The van der Waals surface area contributed by atoms with Gasteiger partial charge in [0.1, 0.15) is 11.1 Å². The van der Waals surface area contributed by atoms with Gasteiger partial charge in [-0.2, -0.15) is 5.26 Å². The van der Waals surface area contributed by atoms with Gasteiger partial charge in [0.25, 0.3) is 0 Å². The molecule has 3 aromatic rings. The van der Waals surface area contributed by atoms with Crippen LogP contribution in [0.1, 0.15) is 16.7 Å². The van der Waals surface area contributed by atoms with Crippen LogP contribution in [0.5, 0.6) is 11.5 Å². The molecule has 0 aliphatic carbocycles. The number of ether oxygens (including phenoxy) is 2. The number of fused-ring (bicyclic) bond motifs is 2. The van der Waals surface area contributed by atoms with E-state index in [1.807, 2.05) is 49.4 Å². The number of rotatable bonds is 5. The lowest BCUT2D eigenvalue weighted by molar-refractivity contribution is -0.118. The van der Waals surface area contributed by atoms with Crippen molar-refractivity contribution < 1.29 is 14.3 Å². The number of nitrogens with one attached hydrogen (secondary N) is 1. The number of amides is 1. The van der Waals surface area contributed by atoms with E-state index in [0.717, 1.165) is 22.0 Å². The molecule has 140 valence electrons. The van der Waals surface area contributed by atoms with Gasteiger partial charge in [0.05, 0.1) is 16.8 Å². The third-order valence-corrected chi connectivity index (χ3v) is 5.32. The summed E-state index contributed by atoms with van der Waals surface area (Å²) < 4.78 is 10.6. The minimum atomic E-state index is -0.127. The van der Waals surface area contributed by atoms with Gasteiger partial charge >= 0.3 is 0 Å². The van der Waals surface area contributed by atoms with Crippen molar-refractivity contribution in [1.82, 2.24) is 10.3 Å². The molecule has 1 aliphatic heterocycles. The van der Waals surface area contributed by atoms with E-state index in [1.54, 1.807) is 0 Å². The number of thioether (sulfide) groups is 1. The summed E-state index contributed by atoms with van der Waals surface area (Å²) in [6.07, 6.45) is 0. The smallest absolute Gasteiger partial charge is 0.231 e. The zero-order valence-electron chi connectivity index (χ0n) is 15.2. The van der Waals surface area contributed by atoms with Crippen molar-refractivity contribution in [2.24, 2.45) is 0 Å². The van der Waals surface area contributed by atoms with E-state index in [4.69, 9.17) is 9.47 Å². The molecule has 0 saturated carbocycles. The minimum absolute atomic E-state index is 0.127. The highest BCUT2D eigenvalue weighted by molar-refractivity contribution is 8.00. The molecule has 0 radical (unpaired) electrons. The van der Waals surface area contributed by atoms with Crippen LogP contribution in [0.4, 0.5) is 0 Å². The van der Waals surface area contributed by atoms with Gasteiger partial charge in [-0.3, -0.25) is 4.79 Å². The number of pyridine rings is 1. The minimum Gasteiger partial charge on any atom is -0.454 e. The van der Waals surface area contributed by atoms with Gasteiger partial charge in [-0.1, -0.05) is 30.0 Å². The van der Waals surface area contributed by atoms with Gasteiger partial charge in [-0.05, 0) is 42.3 Å². The molecule has 0 fully saturated rings. The van der Waals surface area contributed by atoms with Crippen molar-refractivity contribution in [2.75, 3.05) is 12.5 Å². The number of carbonyl (C=O) groups excluding carboxylic acids is 1. The molecule has 6 nitrogen and oxygen atoms in total. The molecule has 0 unspecified atom stereocenters. The molecule has 7 heteroatoms. The molecule has 2 heterocycles. The Labute approximate surface area is 166 Å². The van der Waals surface area contributed by atoms with Crippen molar-refractivity contribution in [2.45, 2.75) is 18.5 Å². The summed E-state index contributed by atoms with van der Waals surface area (Å²) in [5, 5.41) is 13.8. The molecule has 28 heavy (non-hydrogen) atoms. The number of nitrogens with zero attached hydrogens (tertiary/aromatic N) is 2. The second kappa shape index (κ2) is 7.79. The molecule has 1 amide bonds. The number of nitriles is 1. The summed E-state index contributed by atoms with van der Waals surface area (Å²) in [5.41, 5.74) is 3.33. The van der Waals surface area contributed by atoms with Crippen LogP contribution in [-0.4, -0.2) is 23.4 Å². The maximum atomic E-state index is 12.2. The molecule has 0 atom stereocenters. The average molecular weight is 391 g/mol. The van der Waals surface area contributed by atoms with Crippen molar-refractivity contribution in [1.29, 1.82) is 5.26 Å². The van der Waals surface area contributed by atoms with Crippen molar-refractivity contribution in [3.63, 3.8) is 0 Å². The summed E-state index contributed by atoms with van der Waals surface area (Å²) in [6.45, 7) is 2.61. The fourth-order valence-corrected chi connectivity index (χ4v) is 3.68. The van der Waals surface area contributed by atoms with Gasteiger partial charge < -0.3 is 14.8 Å². The molecule has 1 aliphatic rings. The lowest BCUT2D eigenvalue weighted by Gasteiger charge is -2.08. The van der Waals surface area contributed by atoms with Crippen molar-refractivity contribution in [3.05, 3.63) is 59.2 Å². The number of hydrogen-bond donors (Lipinski definition) is 1. The number of aryl methyl sites for hydroxylation is 1. The van der Waals surface area contributed by atoms with Crippen molar-refractivity contribution in [3.8, 4) is 17.6 Å². The monoisotopic (exact) mass is 391 g/mol. The van der Waals surface area contributed by atoms with Crippen LogP contribution in [0.15, 0.2) is 47.5 Å². The maximum absolute atomic E-state index is 12.2. The highest BCUT2D eigenvalue weighted by Gasteiger charge is 2.14. The summed E-state index contributed by atoms with van der Waals surface area (Å²) in [4.78, 5) is 16.8. The predicted molar refractivity (Wildman–Crippen MR) is 106 cm³/mol. The van der Waals surface area contributed by atoms with Gasteiger partial charge in [0, 0.05) is 11.9 Å². The fourth-order valence-electron chi connectivity index (χ4n) is 2.89. The van der Waals surface area contributed by atoms with Crippen LogP contribution in [0.2, 0.25) is 0 Å². The largest absolute Gasteiger partial charge is 0.454 e. The molecule has 1 N–H and O–H groups in total.